The number of nitrogens with one attached hydrogen (secondary N) is 2. The molecule has 3 aromatic rings. The van der Waals surface area contributed by atoms with Gasteiger partial charge >= 0.3 is 0 Å². The van der Waals surface area contributed by atoms with Gasteiger partial charge in [0.1, 0.15) is 5.75 Å². The SMILES string of the molecule is CCc1ccc(NC(=O)c2c[nH]c3ccc(OC)cc23)cc1. The molecule has 0 radical (unpaired) electrons. The van der Waals surface area contributed by atoms with Crippen LogP contribution in [0.3, 0.4) is 0 Å². The Hall–Kier alpha value is -2.75. The zero-order chi connectivity index (χ0) is 15.5. The second-order valence-corrected chi connectivity index (χ2v) is 5.12. The number of aromatic amines is 1. The molecule has 0 fully saturated rings. The van der Waals surface area contributed by atoms with Gasteiger partial charge in [-0.15, -0.1) is 0 Å². The molecule has 0 aliphatic heterocycles. The van der Waals surface area contributed by atoms with Crippen molar-refractivity contribution in [3.8, 4) is 5.75 Å². The van der Waals surface area contributed by atoms with E-state index in [1.54, 1.807) is 13.3 Å². The van der Waals surface area contributed by atoms with Crippen LogP contribution in [-0.4, -0.2) is 18.0 Å². The molecular weight excluding hydrogens is 276 g/mol. The third-order valence-electron chi connectivity index (χ3n) is 3.75. The molecule has 4 heteroatoms. The van der Waals surface area contributed by atoms with Crippen LogP contribution in [0.1, 0.15) is 22.8 Å². The minimum Gasteiger partial charge on any atom is -0.497 e. The van der Waals surface area contributed by atoms with Crippen LogP contribution >= 0.6 is 0 Å². The maximum absolute atomic E-state index is 12.5. The van der Waals surface area contributed by atoms with Gasteiger partial charge in [0.25, 0.3) is 5.91 Å². The van der Waals surface area contributed by atoms with E-state index < -0.39 is 0 Å². The van der Waals surface area contributed by atoms with Crippen molar-refractivity contribution in [3.05, 3.63) is 59.8 Å². The normalized spacial score (nSPS) is 10.6. The van der Waals surface area contributed by atoms with Gasteiger partial charge in [0.15, 0.2) is 0 Å². The first-order valence-corrected chi connectivity index (χ1v) is 7.26. The van der Waals surface area contributed by atoms with Crippen molar-refractivity contribution in [3.63, 3.8) is 0 Å². The van der Waals surface area contributed by atoms with E-state index in [9.17, 15) is 4.79 Å². The van der Waals surface area contributed by atoms with Crippen molar-refractivity contribution in [1.29, 1.82) is 0 Å². The summed E-state index contributed by atoms with van der Waals surface area (Å²) in [5, 5.41) is 3.77. The first-order chi connectivity index (χ1) is 10.7. The van der Waals surface area contributed by atoms with Crippen LogP contribution < -0.4 is 10.1 Å². The Morgan fingerprint density at radius 3 is 2.64 bits per heavy atom. The second-order valence-electron chi connectivity index (χ2n) is 5.12. The summed E-state index contributed by atoms with van der Waals surface area (Å²) in [7, 11) is 1.61. The van der Waals surface area contributed by atoms with Gasteiger partial charge < -0.3 is 15.0 Å². The van der Waals surface area contributed by atoms with Gasteiger partial charge in [-0.2, -0.15) is 0 Å². The molecule has 1 heterocycles. The van der Waals surface area contributed by atoms with Crippen LogP contribution in [-0.2, 0) is 6.42 Å². The van der Waals surface area contributed by atoms with E-state index in [1.165, 1.54) is 5.56 Å². The van der Waals surface area contributed by atoms with Crippen LogP contribution in [0.5, 0.6) is 5.75 Å². The van der Waals surface area contributed by atoms with Gasteiger partial charge in [-0.1, -0.05) is 19.1 Å². The Labute approximate surface area is 129 Å². The van der Waals surface area contributed by atoms with Crippen molar-refractivity contribution >= 4 is 22.5 Å². The topological polar surface area (TPSA) is 54.1 Å². The van der Waals surface area contributed by atoms with Crippen molar-refractivity contribution < 1.29 is 9.53 Å². The number of methoxy groups -OCH3 is 1. The molecule has 2 aromatic carbocycles. The highest BCUT2D eigenvalue weighted by Crippen LogP contribution is 2.24. The number of carbonyl (C=O) groups excluding carboxylic acids is 1. The van der Waals surface area contributed by atoms with Gasteiger partial charge in [-0.3, -0.25) is 4.79 Å². The maximum atomic E-state index is 12.5. The van der Waals surface area contributed by atoms with Crippen LogP contribution in [0.2, 0.25) is 0 Å². The van der Waals surface area contributed by atoms with Crippen LogP contribution in [0.4, 0.5) is 5.69 Å². The van der Waals surface area contributed by atoms with Crippen LogP contribution in [0, 0.1) is 0 Å². The molecule has 4 nitrogen and oxygen atoms in total. The lowest BCUT2D eigenvalue weighted by atomic mass is 10.1. The van der Waals surface area contributed by atoms with E-state index in [4.69, 9.17) is 4.74 Å². The zero-order valence-electron chi connectivity index (χ0n) is 12.6. The fraction of sp³-hybridized carbons (Fsp3) is 0.167. The quantitative estimate of drug-likeness (QED) is 0.764. The Balaban J connectivity index is 1.87. The monoisotopic (exact) mass is 294 g/mol. The minimum absolute atomic E-state index is 0.135. The second kappa shape index (κ2) is 5.93. The molecule has 0 saturated heterocycles. The molecule has 112 valence electrons. The molecule has 3 rings (SSSR count). The largest absolute Gasteiger partial charge is 0.497 e. The number of rotatable bonds is 4. The molecular formula is C18H18N2O2. The van der Waals surface area contributed by atoms with E-state index >= 15 is 0 Å². The lowest BCUT2D eigenvalue weighted by Crippen LogP contribution is -2.11. The molecule has 0 atom stereocenters. The number of amides is 1. The first kappa shape index (κ1) is 14.2. The summed E-state index contributed by atoms with van der Waals surface area (Å²) in [4.78, 5) is 15.6. The summed E-state index contributed by atoms with van der Waals surface area (Å²) in [6.45, 7) is 2.10. The van der Waals surface area contributed by atoms with E-state index in [1.807, 2.05) is 42.5 Å². The third kappa shape index (κ3) is 2.68. The van der Waals surface area contributed by atoms with Gasteiger partial charge in [0.05, 0.1) is 12.7 Å². The van der Waals surface area contributed by atoms with Crippen LogP contribution in [0.15, 0.2) is 48.7 Å². The fourth-order valence-corrected chi connectivity index (χ4v) is 2.44. The number of aryl methyl sites for hydroxylation is 1. The fourth-order valence-electron chi connectivity index (χ4n) is 2.44. The summed E-state index contributed by atoms with van der Waals surface area (Å²) >= 11 is 0. The first-order valence-electron chi connectivity index (χ1n) is 7.26. The number of hydrogen-bond donors (Lipinski definition) is 2. The Kier molecular flexibility index (Phi) is 3.83. The third-order valence-corrected chi connectivity index (χ3v) is 3.75. The highest BCUT2D eigenvalue weighted by molar-refractivity contribution is 6.13. The number of carbonyl (C=O) groups is 1. The summed E-state index contributed by atoms with van der Waals surface area (Å²) in [5.74, 6) is 0.595. The van der Waals surface area contributed by atoms with Gasteiger partial charge in [0.2, 0.25) is 0 Å². The highest BCUT2D eigenvalue weighted by atomic mass is 16.5. The Bertz CT molecular complexity index is 804. The van der Waals surface area contributed by atoms with E-state index in [-0.39, 0.29) is 5.91 Å². The minimum atomic E-state index is -0.135. The zero-order valence-corrected chi connectivity index (χ0v) is 12.6. The molecule has 0 saturated carbocycles. The predicted octanol–water partition coefficient (Wildman–Crippen LogP) is 3.99. The summed E-state index contributed by atoms with van der Waals surface area (Å²) < 4.78 is 5.22. The van der Waals surface area contributed by atoms with Crippen molar-refractivity contribution in [2.45, 2.75) is 13.3 Å². The van der Waals surface area contributed by atoms with E-state index in [0.29, 0.717) is 5.56 Å². The summed E-state index contributed by atoms with van der Waals surface area (Å²) in [5.41, 5.74) is 3.55. The molecule has 0 bridgehead atoms. The number of aromatic nitrogens is 1. The molecule has 22 heavy (non-hydrogen) atoms. The molecule has 0 aliphatic carbocycles. The molecule has 1 aromatic heterocycles. The van der Waals surface area contributed by atoms with Crippen molar-refractivity contribution in [2.24, 2.45) is 0 Å². The lowest BCUT2D eigenvalue weighted by Gasteiger charge is -2.06. The number of fused-ring (bicyclic) bond motifs is 1. The summed E-state index contributed by atoms with van der Waals surface area (Å²) in [6, 6.07) is 13.5. The lowest BCUT2D eigenvalue weighted by molar-refractivity contribution is 0.102. The molecule has 0 spiro atoms. The van der Waals surface area contributed by atoms with E-state index in [0.717, 1.165) is 28.8 Å². The summed E-state index contributed by atoms with van der Waals surface area (Å²) in [6.07, 6.45) is 2.70. The number of benzene rings is 2. The van der Waals surface area contributed by atoms with Gasteiger partial charge in [-0.25, -0.2) is 0 Å². The van der Waals surface area contributed by atoms with Gasteiger partial charge in [0, 0.05) is 22.8 Å². The van der Waals surface area contributed by atoms with Crippen LogP contribution in [0.25, 0.3) is 10.9 Å². The molecule has 1 amide bonds. The number of hydrogen-bond acceptors (Lipinski definition) is 2. The molecule has 0 unspecified atom stereocenters. The predicted molar refractivity (Wildman–Crippen MR) is 88.6 cm³/mol. The number of H-pyrrole nitrogens is 1. The highest BCUT2D eigenvalue weighted by Gasteiger charge is 2.13. The average molecular weight is 294 g/mol. The average Bonchev–Trinajstić information content (AvgIpc) is 2.98. The van der Waals surface area contributed by atoms with Gasteiger partial charge in [-0.05, 0) is 42.3 Å². The Morgan fingerprint density at radius 1 is 1.18 bits per heavy atom. The van der Waals surface area contributed by atoms with E-state index in [2.05, 4.69) is 17.2 Å². The smallest absolute Gasteiger partial charge is 0.257 e. The Morgan fingerprint density at radius 2 is 1.95 bits per heavy atom. The maximum Gasteiger partial charge on any atom is 0.257 e. The molecule has 2 N–H and O–H groups in total. The standard InChI is InChI=1S/C18H18N2O2/c1-3-12-4-6-13(7-5-12)20-18(21)16-11-19-17-9-8-14(22-2)10-15(16)17/h4-11,19H,3H2,1-2H3,(H,20,21). The number of anilines is 1. The molecule has 0 aliphatic rings. The van der Waals surface area contributed by atoms with Crippen molar-refractivity contribution in [1.82, 2.24) is 4.98 Å². The number of ether oxygens (including phenoxy) is 1. The van der Waals surface area contributed by atoms with Crippen molar-refractivity contribution in [2.75, 3.05) is 12.4 Å².